The molecule has 0 spiro atoms. The quantitative estimate of drug-likeness (QED) is 0.824. The van der Waals surface area contributed by atoms with Gasteiger partial charge in [-0.3, -0.25) is 4.79 Å². The average Bonchev–Trinajstić information content (AvgIpc) is 3.09. The highest BCUT2D eigenvalue weighted by atomic mass is 19.1. The van der Waals surface area contributed by atoms with Gasteiger partial charge in [-0.15, -0.1) is 0 Å². The van der Waals surface area contributed by atoms with Gasteiger partial charge >= 0.3 is 0 Å². The molecule has 3 heterocycles. The van der Waals surface area contributed by atoms with Crippen LogP contribution >= 0.6 is 0 Å². The maximum Gasteiger partial charge on any atom is 0.245 e. The first-order valence-electron chi connectivity index (χ1n) is 8.74. The van der Waals surface area contributed by atoms with Crippen molar-refractivity contribution in [2.24, 2.45) is 0 Å². The summed E-state index contributed by atoms with van der Waals surface area (Å²) in [5.74, 6) is 0.383. The van der Waals surface area contributed by atoms with Crippen LogP contribution in [0.2, 0.25) is 0 Å². The highest BCUT2D eigenvalue weighted by Crippen LogP contribution is 2.30. The lowest BCUT2D eigenvalue weighted by Crippen LogP contribution is -2.50. The van der Waals surface area contributed by atoms with Gasteiger partial charge in [0.2, 0.25) is 5.91 Å². The van der Waals surface area contributed by atoms with E-state index < -0.39 is 12.2 Å². The second kappa shape index (κ2) is 6.89. The normalized spacial score (nSPS) is 23.2. The number of fused-ring (bicyclic) bond motifs is 1. The molecule has 2 aliphatic heterocycles. The fourth-order valence-corrected chi connectivity index (χ4v) is 3.67. The predicted octanol–water partition coefficient (Wildman–Crippen LogP) is 1.88. The molecular formula is C19H19FN4O2. The van der Waals surface area contributed by atoms with Crippen molar-refractivity contribution in [3.8, 4) is 6.07 Å². The first-order valence-corrected chi connectivity index (χ1v) is 8.74. The first kappa shape index (κ1) is 16.7. The van der Waals surface area contributed by atoms with E-state index in [-0.39, 0.29) is 18.9 Å². The van der Waals surface area contributed by atoms with Gasteiger partial charge in [0.15, 0.2) is 0 Å². The van der Waals surface area contributed by atoms with Crippen molar-refractivity contribution in [3.63, 3.8) is 0 Å². The van der Waals surface area contributed by atoms with E-state index in [1.807, 2.05) is 24.3 Å². The second-order valence-electron chi connectivity index (χ2n) is 6.60. The number of ether oxygens (including phenoxy) is 1. The van der Waals surface area contributed by atoms with Gasteiger partial charge in [-0.05, 0) is 12.1 Å². The van der Waals surface area contributed by atoms with Crippen LogP contribution < -0.4 is 4.90 Å². The summed E-state index contributed by atoms with van der Waals surface area (Å²) in [7, 11) is 0. The van der Waals surface area contributed by atoms with Crippen LogP contribution in [-0.2, 0) is 9.53 Å². The predicted molar refractivity (Wildman–Crippen MR) is 94.5 cm³/mol. The molecule has 134 valence electrons. The van der Waals surface area contributed by atoms with E-state index in [0.29, 0.717) is 43.2 Å². The summed E-state index contributed by atoms with van der Waals surface area (Å²) in [6.07, 6.45) is -0.948. The van der Waals surface area contributed by atoms with Gasteiger partial charge in [0.1, 0.15) is 18.0 Å². The third-order valence-electron chi connectivity index (χ3n) is 4.98. The Morgan fingerprint density at radius 2 is 2.08 bits per heavy atom. The largest absolute Gasteiger partial charge is 0.378 e. The topological polar surface area (TPSA) is 69.5 Å². The van der Waals surface area contributed by atoms with E-state index in [1.165, 1.54) is 0 Å². The fraction of sp³-hybridized carbons (Fsp3) is 0.421. The molecule has 6 nitrogen and oxygen atoms in total. The Labute approximate surface area is 150 Å². The number of hydrogen-bond acceptors (Lipinski definition) is 5. The number of para-hydroxylation sites is 1. The lowest BCUT2D eigenvalue weighted by molar-refractivity contribution is -0.136. The Morgan fingerprint density at radius 3 is 2.85 bits per heavy atom. The molecule has 0 unspecified atom stereocenters. The summed E-state index contributed by atoms with van der Waals surface area (Å²) in [5, 5.41) is 10.2. The Kier molecular flexibility index (Phi) is 4.43. The molecule has 7 heteroatoms. The molecule has 1 amide bonds. The molecule has 1 aromatic heterocycles. The number of aromatic nitrogens is 1. The summed E-state index contributed by atoms with van der Waals surface area (Å²) in [5.41, 5.74) is 1.15. The summed E-state index contributed by atoms with van der Waals surface area (Å²) in [6, 6.07) is 10.6. The molecule has 2 aliphatic rings. The number of carbonyl (C=O) groups is 1. The zero-order valence-electron chi connectivity index (χ0n) is 14.3. The van der Waals surface area contributed by atoms with Crippen molar-refractivity contribution in [1.29, 1.82) is 5.26 Å². The number of carbonyl (C=O) groups excluding carboxylic acids is 1. The van der Waals surface area contributed by atoms with Gasteiger partial charge in [0.05, 0.1) is 36.9 Å². The van der Waals surface area contributed by atoms with E-state index >= 15 is 0 Å². The molecule has 0 N–H and O–H groups in total. The molecule has 2 atom stereocenters. The third kappa shape index (κ3) is 2.97. The Hall–Kier alpha value is -2.72. The average molecular weight is 354 g/mol. The number of benzene rings is 1. The van der Waals surface area contributed by atoms with Gasteiger partial charge in [-0.25, -0.2) is 9.37 Å². The Balaban J connectivity index is 1.70. The molecule has 0 aliphatic carbocycles. The summed E-state index contributed by atoms with van der Waals surface area (Å²) in [6.45, 7) is 2.16. The molecule has 2 aromatic rings. The zero-order chi connectivity index (χ0) is 18.1. The van der Waals surface area contributed by atoms with Crippen LogP contribution in [0.5, 0.6) is 0 Å². The van der Waals surface area contributed by atoms with E-state index in [0.717, 1.165) is 5.39 Å². The van der Waals surface area contributed by atoms with Crippen LogP contribution in [-0.4, -0.2) is 60.9 Å². The van der Waals surface area contributed by atoms with E-state index in [2.05, 4.69) is 11.1 Å². The fourth-order valence-electron chi connectivity index (χ4n) is 3.67. The van der Waals surface area contributed by atoms with Crippen LogP contribution in [0.25, 0.3) is 10.9 Å². The number of anilines is 1. The smallest absolute Gasteiger partial charge is 0.245 e. The van der Waals surface area contributed by atoms with Gasteiger partial charge in [0, 0.05) is 24.9 Å². The Bertz CT molecular complexity index is 875. The third-order valence-corrected chi connectivity index (χ3v) is 4.98. The standard InChI is InChI=1S/C19H19FN4O2/c20-14-10-17(19(25)23-5-7-26-8-6-23)24(12-14)18-9-13(11-21)15-3-1-2-4-16(15)22-18/h1-4,9,14,17H,5-8,10,12H2/t14-,17+/m1/s1. The van der Waals surface area contributed by atoms with Gasteiger partial charge in [-0.1, -0.05) is 18.2 Å². The molecule has 2 fully saturated rings. The van der Waals surface area contributed by atoms with E-state index in [9.17, 15) is 14.4 Å². The second-order valence-corrected chi connectivity index (χ2v) is 6.60. The van der Waals surface area contributed by atoms with Crippen molar-refractivity contribution >= 4 is 22.6 Å². The number of nitrogens with zero attached hydrogens (tertiary/aromatic N) is 4. The van der Waals surface area contributed by atoms with Crippen molar-refractivity contribution in [3.05, 3.63) is 35.9 Å². The number of halogens is 1. The monoisotopic (exact) mass is 354 g/mol. The number of hydrogen-bond donors (Lipinski definition) is 0. The highest BCUT2D eigenvalue weighted by Gasteiger charge is 2.40. The van der Waals surface area contributed by atoms with Crippen LogP contribution in [0, 0.1) is 11.3 Å². The number of rotatable bonds is 2. The van der Waals surface area contributed by atoms with Gasteiger partial charge in [-0.2, -0.15) is 5.26 Å². The molecule has 0 bridgehead atoms. The molecule has 1 aromatic carbocycles. The number of morpholine rings is 1. The zero-order valence-corrected chi connectivity index (χ0v) is 14.3. The van der Waals surface area contributed by atoms with Crippen LogP contribution in [0.3, 0.4) is 0 Å². The lowest BCUT2D eigenvalue weighted by atomic mass is 10.1. The van der Waals surface area contributed by atoms with E-state index in [1.54, 1.807) is 15.9 Å². The minimum absolute atomic E-state index is 0.0954. The number of pyridine rings is 1. The van der Waals surface area contributed by atoms with Crippen LogP contribution in [0.1, 0.15) is 12.0 Å². The first-order chi connectivity index (χ1) is 12.7. The molecular weight excluding hydrogens is 335 g/mol. The maximum atomic E-state index is 14.2. The lowest BCUT2D eigenvalue weighted by Gasteiger charge is -2.32. The van der Waals surface area contributed by atoms with Crippen molar-refractivity contribution < 1.29 is 13.9 Å². The maximum absolute atomic E-state index is 14.2. The Morgan fingerprint density at radius 1 is 1.31 bits per heavy atom. The summed E-state index contributed by atoms with van der Waals surface area (Å²) < 4.78 is 19.5. The molecule has 26 heavy (non-hydrogen) atoms. The van der Waals surface area contributed by atoms with Crippen LogP contribution in [0.4, 0.5) is 10.2 Å². The van der Waals surface area contributed by atoms with Crippen molar-refractivity contribution in [2.45, 2.75) is 18.6 Å². The molecule has 4 rings (SSSR count). The molecule has 0 saturated carbocycles. The SMILES string of the molecule is N#Cc1cc(N2C[C@H](F)C[C@H]2C(=O)N2CCOCC2)nc2ccccc12. The summed E-state index contributed by atoms with van der Waals surface area (Å²) in [4.78, 5) is 20.9. The number of alkyl halides is 1. The van der Waals surface area contributed by atoms with E-state index in [4.69, 9.17) is 4.74 Å². The minimum Gasteiger partial charge on any atom is -0.378 e. The number of nitriles is 1. The van der Waals surface area contributed by atoms with Gasteiger partial charge < -0.3 is 14.5 Å². The molecule has 2 saturated heterocycles. The summed E-state index contributed by atoms with van der Waals surface area (Å²) >= 11 is 0. The molecule has 0 radical (unpaired) electrons. The van der Waals surface area contributed by atoms with Crippen LogP contribution in [0.15, 0.2) is 30.3 Å². The highest BCUT2D eigenvalue weighted by molar-refractivity contribution is 5.89. The minimum atomic E-state index is -1.09. The number of amides is 1. The van der Waals surface area contributed by atoms with Gasteiger partial charge in [0.25, 0.3) is 0 Å². The van der Waals surface area contributed by atoms with Crippen molar-refractivity contribution in [1.82, 2.24) is 9.88 Å². The van der Waals surface area contributed by atoms with Crippen molar-refractivity contribution in [2.75, 3.05) is 37.7 Å².